The highest BCUT2D eigenvalue weighted by molar-refractivity contribution is 5.88. The molecule has 2 N–H and O–H groups in total. The summed E-state index contributed by atoms with van der Waals surface area (Å²) in [7, 11) is 0. The zero-order chi connectivity index (χ0) is 9.00. The van der Waals surface area contributed by atoms with Gasteiger partial charge in [-0.1, -0.05) is 0 Å². The highest BCUT2D eigenvalue weighted by atomic mass is 16.4. The summed E-state index contributed by atoms with van der Waals surface area (Å²) in [6, 6.07) is 0. The Morgan fingerprint density at radius 2 is 2.23 bits per heavy atom. The van der Waals surface area contributed by atoms with Gasteiger partial charge >= 0.3 is 5.97 Å². The number of aromatic carboxylic acids is 1. The summed E-state index contributed by atoms with van der Waals surface area (Å²) in [5.41, 5.74) is 2.81. The van der Waals surface area contributed by atoms with Gasteiger partial charge in [-0.15, -0.1) is 0 Å². The van der Waals surface area contributed by atoms with Crippen molar-refractivity contribution in [1.29, 1.82) is 0 Å². The van der Waals surface area contributed by atoms with E-state index in [9.17, 15) is 4.79 Å². The van der Waals surface area contributed by atoms with Gasteiger partial charge in [0.15, 0.2) is 0 Å². The average Bonchev–Trinajstić information content (AvgIpc) is 2.76. The lowest BCUT2D eigenvalue weighted by Crippen LogP contribution is -2.04. The molecule has 1 saturated carbocycles. The fourth-order valence-corrected chi connectivity index (χ4v) is 2.93. The third-order valence-electron chi connectivity index (χ3n) is 3.45. The minimum Gasteiger partial charge on any atom is -0.477 e. The van der Waals surface area contributed by atoms with Gasteiger partial charge in [-0.25, -0.2) is 4.79 Å². The second kappa shape index (κ2) is 2.16. The number of carboxylic acid groups (broad SMARTS) is 1. The van der Waals surface area contributed by atoms with Gasteiger partial charge in [-0.05, 0) is 42.2 Å². The van der Waals surface area contributed by atoms with Crippen molar-refractivity contribution >= 4 is 5.97 Å². The van der Waals surface area contributed by atoms with Crippen LogP contribution in [0.1, 0.15) is 52.7 Å². The maximum Gasteiger partial charge on any atom is 0.352 e. The monoisotopic (exact) mass is 177 g/mol. The first-order chi connectivity index (χ1) is 6.27. The molecule has 1 aromatic rings. The summed E-state index contributed by atoms with van der Waals surface area (Å²) in [6.07, 6.45) is 5.49. The van der Waals surface area contributed by atoms with Crippen LogP contribution in [0.4, 0.5) is 0 Å². The molecule has 2 bridgehead atoms. The largest absolute Gasteiger partial charge is 0.477 e. The van der Waals surface area contributed by atoms with E-state index >= 15 is 0 Å². The summed E-state index contributed by atoms with van der Waals surface area (Å²) in [6.45, 7) is 0. The Labute approximate surface area is 75.8 Å². The fraction of sp³-hybridized carbons (Fsp3) is 0.500. The zero-order valence-electron chi connectivity index (χ0n) is 7.21. The molecule has 1 aromatic heterocycles. The third-order valence-corrected chi connectivity index (χ3v) is 3.45. The van der Waals surface area contributed by atoms with Crippen molar-refractivity contribution in [3.05, 3.63) is 23.0 Å². The number of hydrogen-bond acceptors (Lipinski definition) is 1. The smallest absolute Gasteiger partial charge is 0.352 e. The first-order valence-electron chi connectivity index (χ1n) is 4.72. The van der Waals surface area contributed by atoms with E-state index in [0.29, 0.717) is 17.5 Å². The molecule has 68 valence electrons. The number of hydrogen-bond donors (Lipinski definition) is 2. The van der Waals surface area contributed by atoms with Gasteiger partial charge < -0.3 is 10.1 Å². The van der Waals surface area contributed by atoms with Gasteiger partial charge in [0, 0.05) is 6.20 Å². The summed E-state index contributed by atoms with van der Waals surface area (Å²) < 4.78 is 0. The highest BCUT2D eigenvalue weighted by Gasteiger charge is 2.40. The number of fused-ring (bicyclic) bond motifs is 5. The number of aromatic amines is 1. The van der Waals surface area contributed by atoms with E-state index in [1.165, 1.54) is 24.8 Å². The standard InChI is InChI=1S/C10H11NO2/c12-10(13)9-8-6-2-1-5(3-6)7(8)4-11-9/h4-6,11H,1-3H2,(H,12,13)/t5-,6+/m0/s1. The molecule has 13 heavy (non-hydrogen) atoms. The molecule has 0 unspecified atom stereocenters. The van der Waals surface area contributed by atoms with Gasteiger partial charge in [-0.3, -0.25) is 0 Å². The molecule has 0 saturated heterocycles. The molecule has 2 aliphatic rings. The van der Waals surface area contributed by atoms with E-state index in [1.54, 1.807) is 0 Å². The van der Waals surface area contributed by atoms with Crippen molar-refractivity contribution in [1.82, 2.24) is 4.98 Å². The van der Waals surface area contributed by atoms with E-state index in [0.717, 1.165) is 5.56 Å². The van der Waals surface area contributed by atoms with Gasteiger partial charge in [0.2, 0.25) is 0 Å². The van der Waals surface area contributed by atoms with Crippen LogP contribution in [-0.4, -0.2) is 16.1 Å². The molecule has 3 rings (SSSR count). The van der Waals surface area contributed by atoms with Crippen LogP contribution < -0.4 is 0 Å². The lowest BCUT2D eigenvalue weighted by atomic mass is 9.94. The van der Waals surface area contributed by atoms with Crippen molar-refractivity contribution in [3.8, 4) is 0 Å². The highest BCUT2D eigenvalue weighted by Crippen LogP contribution is 2.54. The van der Waals surface area contributed by atoms with E-state index in [1.807, 2.05) is 6.20 Å². The van der Waals surface area contributed by atoms with Crippen molar-refractivity contribution in [2.45, 2.75) is 31.1 Å². The Bertz CT molecular complexity index is 380. The van der Waals surface area contributed by atoms with Crippen LogP contribution in [0.25, 0.3) is 0 Å². The minimum absolute atomic E-state index is 0.433. The maximum absolute atomic E-state index is 10.9. The molecule has 3 nitrogen and oxygen atoms in total. The van der Waals surface area contributed by atoms with Crippen LogP contribution in [0.3, 0.4) is 0 Å². The number of nitrogens with one attached hydrogen (secondary N) is 1. The van der Waals surface area contributed by atoms with Crippen LogP contribution in [-0.2, 0) is 0 Å². The molecule has 0 radical (unpaired) electrons. The lowest BCUT2D eigenvalue weighted by molar-refractivity contribution is 0.0689. The fourth-order valence-electron chi connectivity index (χ4n) is 2.93. The Hall–Kier alpha value is -1.25. The number of rotatable bonds is 1. The third kappa shape index (κ3) is 0.767. The Morgan fingerprint density at radius 3 is 3.00 bits per heavy atom. The second-order valence-electron chi connectivity index (χ2n) is 4.04. The molecular weight excluding hydrogens is 166 g/mol. The molecule has 0 aromatic carbocycles. The van der Waals surface area contributed by atoms with Crippen LogP contribution >= 0.6 is 0 Å². The second-order valence-corrected chi connectivity index (χ2v) is 4.04. The topological polar surface area (TPSA) is 53.1 Å². The number of aromatic nitrogens is 1. The van der Waals surface area contributed by atoms with Crippen molar-refractivity contribution < 1.29 is 9.90 Å². The Kier molecular flexibility index (Phi) is 1.19. The first kappa shape index (κ1) is 7.18. The first-order valence-corrected chi connectivity index (χ1v) is 4.72. The Balaban J connectivity index is 2.18. The summed E-state index contributed by atoms with van der Waals surface area (Å²) in [5.74, 6) is 0.357. The normalized spacial score (nSPS) is 29.2. The molecule has 1 heterocycles. The number of carbonyl (C=O) groups is 1. The van der Waals surface area contributed by atoms with Crippen LogP contribution in [0.2, 0.25) is 0 Å². The molecule has 3 heteroatoms. The van der Waals surface area contributed by atoms with Crippen LogP contribution in [0.5, 0.6) is 0 Å². The molecule has 2 atom stereocenters. The Morgan fingerprint density at radius 1 is 1.46 bits per heavy atom. The van der Waals surface area contributed by atoms with E-state index < -0.39 is 5.97 Å². The SMILES string of the molecule is O=C(O)c1[nH]cc2c1[C@@H]1CC[C@H]2C1. The van der Waals surface area contributed by atoms with E-state index in [-0.39, 0.29) is 0 Å². The molecular formula is C10H11NO2. The van der Waals surface area contributed by atoms with E-state index in [2.05, 4.69) is 4.98 Å². The van der Waals surface area contributed by atoms with Crippen molar-refractivity contribution in [2.24, 2.45) is 0 Å². The van der Waals surface area contributed by atoms with Crippen LogP contribution in [0, 0.1) is 0 Å². The molecule has 0 spiro atoms. The average molecular weight is 177 g/mol. The van der Waals surface area contributed by atoms with Gasteiger partial charge in [0.25, 0.3) is 0 Å². The predicted octanol–water partition coefficient (Wildman–Crippen LogP) is 2.08. The summed E-state index contributed by atoms with van der Waals surface area (Å²) in [4.78, 5) is 13.7. The maximum atomic E-state index is 10.9. The number of carboxylic acids is 1. The quantitative estimate of drug-likeness (QED) is 0.690. The lowest BCUT2D eigenvalue weighted by Gasteiger charge is -2.10. The summed E-state index contributed by atoms with van der Waals surface area (Å²) in [5, 5.41) is 8.93. The van der Waals surface area contributed by atoms with Crippen molar-refractivity contribution in [3.63, 3.8) is 0 Å². The molecule has 0 amide bonds. The predicted molar refractivity (Wildman–Crippen MR) is 47.1 cm³/mol. The van der Waals surface area contributed by atoms with Crippen molar-refractivity contribution in [2.75, 3.05) is 0 Å². The van der Waals surface area contributed by atoms with Gasteiger partial charge in [-0.2, -0.15) is 0 Å². The molecule has 2 aliphatic carbocycles. The zero-order valence-corrected chi connectivity index (χ0v) is 7.21. The van der Waals surface area contributed by atoms with E-state index in [4.69, 9.17) is 5.11 Å². The summed E-state index contributed by atoms with van der Waals surface area (Å²) >= 11 is 0. The molecule has 1 fully saturated rings. The van der Waals surface area contributed by atoms with Gasteiger partial charge in [0.05, 0.1) is 0 Å². The number of H-pyrrole nitrogens is 1. The van der Waals surface area contributed by atoms with Gasteiger partial charge in [0.1, 0.15) is 5.69 Å². The van der Waals surface area contributed by atoms with Crippen LogP contribution in [0.15, 0.2) is 6.20 Å². The minimum atomic E-state index is -0.811. The molecule has 0 aliphatic heterocycles.